The van der Waals surface area contributed by atoms with E-state index in [1.807, 2.05) is 6.07 Å². The van der Waals surface area contributed by atoms with Gasteiger partial charge in [-0.1, -0.05) is 36.4 Å². The van der Waals surface area contributed by atoms with E-state index in [2.05, 4.69) is 5.32 Å². The Labute approximate surface area is 171 Å². The summed E-state index contributed by atoms with van der Waals surface area (Å²) in [6, 6.07) is 20.2. The number of carbonyl (C=O) groups excluding carboxylic acids is 1. The second kappa shape index (κ2) is 9.17. The number of nitrogens with zero attached hydrogens (tertiary/aromatic N) is 1. The van der Waals surface area contributed by atoms with Crippen LogP contribution >= 0.6 is 0 Å². The van der Waals surface area contributed by atoms with E-state index < -0.39 is 17.7 Å². The third-order valence-electron chi connectivity index (χ3n) is 4.01. The highest BCUT2D eigenvalue weighted by Gasteiger charge is 2.14. The van der Waals surface area contributed by atoms with Crippen molar-refractivity contribution in [1.29, 1.82) is 5.26 Å². The number of nitriles is 1. The monoisotopic (exact) mass is 402 g/mol. The molecule has 1 amide bonds. The van der Waals surface area contributed by atoms with Crippen LogP contribution in [0.25, 0.3) is 6.08 Å². The quantitative estimate of drug-likeness (QED) is 0.598. The summed E-state index contributed by atoms with van der Waals surface area (Å²) >= 11 is 0. The largest absolute Gasteiger partial charge is 0.477 e. The number of halogens is 1. The molecule has 7 heteroatoms. The van der Waals surface area contributed by atoms with E-state index in [-0.39, 0.29) is 22.8 Å². The maximum Gasteiger partial charge on any atom is 0.352 e. The molecule has 0 bridgehead atoms. The third-order valence-corrected chi connectivity index (χ3v) is 4.01. The molecule has 0 spiro atoms. The Kier molecular flexibility index (Phi) is 6.20. The molecule has 0 aliphatic heterocycles. The van der Waals surface area contributed by atoms with Crippen molar-refractivity contribution in [3.8, 4) is 17.6 Å². The van der Waals surface area contributed by atoms with Crippen molar-refractivity contribution in [2.45, 2.75) is 0 Å². The molecule has 0 heterocycles. The fourth-order valence-electron chi connectivity index (χ4n) is 2.55. The zero-order valence-electron chi connectivity index (χ0n) is 15.5. The lowest BCUT2D eigenvalue weighted by Crippen LogP contribution is -2.27. The maximum absolute atomic E-state index is 13.9. The Morgan fingerprint density at radius 1 is 1.00 bits per heavy atom. The number of aliphatic carboxylic acids is 1. The molecule has 0 aliphatic carbocycles. The summed E-state index contributed by atoms with van der Waals surface area (Å²) in [5, 5.41) is 20.8. The summed E-state index contributed by atoms with van der Waals surface area (Å²) in [6.07, 6.45) is 1.29. The van der Waals surface area contributed by atoms with Gasteiger partial charge < -0.3 is 15.2 Å². The van der Waals surface area contributed by atoms with Crippen LogP contribution in [0.15, 0.2) is 78.5 Å². The van der Waals surface area contributed by atoms with Gasteiger partial charge in [-0.15, -0.1) is 0 Å². The van der Waals surface area contributed by atoms with E-state index in [1.54, 1.807) is 42.5 Å². The van der Waals surface area contributed by atoms with Gasteiger partial charge in [0.25, 0.3) is 5.91 Å². The molecule has 148 valence electrons. The van der Waals surface area contributed by atoms with E-state index in [4.69, 9.17) is 10.00 Å². The molecule has 3 aromatic rings. The first-order valence-corrected chi connectivity index (χ1v) is 8.76. The minimum absolute atomic E-state index is 0.0516. The molecule has 30 heavy (non-hydrogen) atoms. The van der Waals surface area contributed by atoms with Crippen LogP contribution < -0.4 is 10.1 Å². The van der Waals surface area contributed by atoms with Gasteiger partial charge in [-0.2, -0.15) is 5.26 Å². The van der Waals surface area contributed by atoms with Gasteiger partial charge in [-0.3, -0.25) is 4.79 Å². The number of rotatable bonds is 6. The Morgan fingerprint density at radius 2 is 1.70 bits per heavy atom. The summed E-state index contributed by atoms with van der Waals surface area (Å²) in [7, 11) is 0. The molecule has 6 nitrogen and oxygen atoms in total. The minimum atomic E-state index is -1.30. The number of ether oxygens (including phenoxy) is 1. The van der Waals surface area contributed by atoms with Crippen molar-refractivity contribution < 1.29 is 23.8 Å². The van der Waals surface area contributed by atoms with Crippen LogP contribution in [-0.4, -0.2) is 17.0 Å². The number of nitrogens with one attached hydrogen (secondary N) is 1. The lowest BCUT2D eigenvalue weighted by atomic mass is 10.1. The van der Waals surface area contributed by atoms with E-state index in [0.717, 1.165) is 0 Å². The molecule has 0 atom stereocenters. The van der Waals surface area contributed by atoms with Gasteiger partial charge in [0.15, 0.2) is 11.6 Å². The topological polar surface area (TPSA) is 99.4 Å². The molecule has 0 aromatic heterocycles. The molecule has 0 saturated heterocycles. The van der Waals surface area contributed by atoms with Gasteiger partial charge in [-0.05, 0) is 48.0 Å². The van der Waals surface area contributed by atoms with Gasteiger partial charge in [0.1, 0.15) is 17.5 Å². The highest BCUT2D eigenvalue weighted by atomic mass is 19.1. The van der Waals surface area contributed by atoms with Crippen molar-refractivity contribution >= 4 is 18.0 Å². The van der Waals surface area contributed by atoms with E-state index in [9.17, 15) is 19.1 Å². The molecule has 0 unspecified atom stereocenters. The standard InChI is InChI=1S/C23H15FN2O4/c24-19-8-4-7-17(14-25)21(19)30-18-11-9-15(10-12-18)13-20(23(28)29)26-22(27)16-5-2-1-3-6-16/h1-13H,(H,26,27)(H,28,29)/b20-13+. The van der Waals surface area contributed by atoms with Crippen LogP contribution in [-0.2, 0) is 4.79 Å². The number of carboxylic acid groups (broad SMARTS) is 1. The van der Waals surface area contributed by atoms with Crippen molar-refractivity contribution in [3.63, 3.8) is 0 Å². The lowest BCUT2D eigenvalue weighted by molar-refractivity contribution is -0.132. The molecule has 0 aliphatic rings. The van der Waals surface area contributed by atoms with Crippen LogP contribution in [0, 0.1) is 17.1 Å². The smallest absolute Gasteiger partial charge is 0.352 e. The molecule has 0 fully saturated rings. The number of carboxylic acids is 1. The second-order valence-electron chi connectivity index (χ2n) is 6.08. The number of benzene rings is 3. The summed E-state index contributed by atoms with van der Waals surface area (Å²) in [5.41, 5.74) is 0.544. The third kappa shape index (κ3) is 4.88. The van der Waals surface area contributed by atoms with Gasteiger partial charge in [0.05, 0.1) is 5.56 Å². The molecule has 3 aromatic carbocycles. The summed E-state index contributed by atoms with van der Waals surface area (Å²) in [6.45, 7) is 0. The van der Waals surface area contributed by atoms with Gasteiger partial charge in [0.2, 0.25) is 0 Å². The number of hydrogen-bond acceptors (Lipinski definition) is 4. The Morgan fingerprint density at radius 3 is 2.33 bits per heavy atom. The fourth-order valence-corrected chi connectivity index (χ4v) is 2.55. The van der Waals surface area contributed by atoms with Crippen molar-refractivity contribution in [3.05, 3.63) is 101 Å². The highest BCUT2D eigenvalue weighted by molar-refractivity contribution is 6.02. The molecule has 0 saturated carbocycles. The van der Waals surface area contributed by atoms with Crippen LogP contribution in [0.1, 0.15) is 21.5 Å². The first-order chi connectivity index (χ1) is 14.5. The predicted octanol–water partition coefficient (Wildman–Crippen LogP) is 4.35. The summed E-state index contributed by atoms with van der Waals surface area (Å²) in [5.74, 6) is -2.45. The molecular formula is C23H15FN2O4. The zero-order valence-corrected chi connectivity index (χ0v) is 15.5. The first kappa shape index (κ1) is 20.3. The van der Waals surface area contributed by atoms with Crippen LogP contribution in [0.4, 0.5) is 4.39 Å². The molecule has 3 rings (SSSR count). The lowest BCUT2D eigenvalue weighted by Gasteiger charge is -2.09. The SMILES string of the molecule is N#Cc1cccc(F)c1Oc1ccc(/C=C(/NC(=O)c2ccccc2)C(=O)O)cc1. The summed E-state index contributed by atoms with van der Waals surface area (Å²) in [4.78, 5) is 23.7. The van der Waals surface area contributed by atoms with Crippen LogP contribution in [0.5, 0.6) is 11.5 Å². The molecule has 0 radical (unpaired) electrons. The highest BCUT2D eigenvalue weighted by Crippen LogP contribution is 2.28. The van der Waals surface area contributed by atoms with Crippen molar-refractivity contribution in [1.82, 2.24) is 5.32 Å². The van der Waals surface area contributed by atoms with Crippen LogP contribution in [0.3, 0.4) is 0 Å². The average molecular weight is 402 g/mol. The average Bonchev–Trinajstić information content (AvgIpc) is 2.76. The Bertz CT molecular complexity index is 1150. The Hall–Kier alpha value is -4.44. The number of hydrogen-bond donors (Lipinski definition) is 2. The number of para-hydroxylation sites is 1. The minimum Gasteiger partial charge on any atom is -0.477 e. The molecule has 2 N–H and O–H groups in total. The first-order valence-electron chi connectivity index (χ1n) is 8.76. The summed E-state index contributed by atoms with van der Waals surface area (Å²) < 4.78 is 19.4. The van der Waals surface area contributed by atoms with E-state index in [0.29, 0.717) is 11.1 Å². The fraction of sp³-hybridized carbons (Fsp3) is 0. The zero-order chi connectivity index (χ0) is 21.5. The Balaban J connectivity index is 1.79. The van der Waals surface area contributed by atoms with Gasteiger partial charge in [0, 0.05) is 5.56 Å². The van der Waals surface area contributed by atoms with E-state index in [1.165, 1.54) is 36.4 Å². The second-order valence-corrected chi connectivity index (χ2v) is 6.08. The van der Waals surface area contributed by atoms with E-state index >= 15 is 0 Å². The van der Waals surface area contributed by atoms with Crippen LogP contribution in [0.2, 0.25) is 0 Å². The van der Waals surface area contributed by atoms with Crippen molar-refractivity contribution in [2.75, 3.05) is 0 Å². The van der Waals surface area contributed by atoms with Gasteiger partial charge >= 0.3 is 5.97 Å². The normalized spacial score (nSPS) is 10.7. The van der Waals surface area contributed by atoms with Crippen molar-refractivity contribution in [2.24, 2.45) is 0 Å². The predicted molar refractivity (Wildman–Crippen MR) is 107 cm³/mol. The maximum atomic E-state index is 13.9. The number of carbonyl (C=O) groups is 2. The number of amides is 1. The molecular weight excluding hydrogens is 387 g/mol. The van der Waals surface area contributed by atoms with Gasteiger partial charge in [-0.25, -0.2) is 9.18 Å².